The summed E-state index contributed by atoms with van der Waals surface area (Å²) < 4.78 is 0. The topological polar surface area (TPSA) is 20.2 Å². The fraction of sp³-hybridized carbons (Fsp3) is 1.00. The lowest BCUT2D eigenvalue weighted by atomic mass is 9.70. The minimum atomic E-state index is -0.000880. The van der Waals surface area contributed by atoms with Gasteiger partial charge in [0.1, 0.15) is 0 Å². The highest BCUT2D eigenvalue weighted by Crippen LogP contribution is 2.43. The van der Waals surface area contributed by atoms with Crippen LogP contribution in [0.15, 0.2) is 0 Å². The van der Waals surface area contributed by atoms with Gasteiger partial charge >= 0.3 is 0 Å². The molecular formula is C13H24O. The summed E-state index contributed by atoms with van der Waals surface area (Å²) in [6.07, 6.45) is 7.98. The molecule has 14 heavy (non-hydrogen) atoms. The molecule has 2 aliphatic carbocycles. The third kappa shape index (κ3) is 1.98. The Morgan fingerprint density at radius 2 is 1.79 bits per heavy atom. The van der Waals surface area contributed by atoms with E-state index in [2.05, 4.69) is 13.8 Å². The fourth-order valence-electron chi connectivity index (χ4n) is 3.60. The fourth-order valence-corrected chi connectivity index (χ4v) is 3.60. The molecule has 0 heterocycles. The Bertz CT molecular complexity index is 190. The van der Waals surface area contributed by atoms with Crippen LogP contribution in [0.2, 0.25) is 0 Å². The molecule has 1 nitrogen and oxygen atoms in total. The summed E-state index contributed by atoms with van der Waals surface area (Å²) in [7, 11) is 0. The molecular weight excluding hydrogens is 172 g/mol. The summed E-state index contributed by atoms with van der Waals surface area (Å²) in [5, 5.41) is 10.2. The van der Waals surface area contributed by atoms with Crippen LogP contribution in [0.25, 0.3) is 0 Å². The molecule has 0 aliphatic heterocycles. The van der Waals surface area contributed by atoms with Crippen LogP contribution in [0.3, 0.4) is 0 Å². The number of rotatable bonds is 0. The molecule has 0 aromatic heterocycles. The molecule has 0 aromatic rings. The lowest BCUT2D eigenvalue weighted by Crippen LogP contribution is -2.37. The summed E-state index contributed by atoms with van der Waals surface area (Å²) in [4.78, 5) is 0. The molecule has 1 N–H and O–H groups in total. The zero-order valence-corrected chi connectivity index (χ0v) is 9.58. The maximum atomic E-state index is 10.2. The normalized spacial score (nSPS) is 49.5. The van der Waals surface area contributed by atoms with E-state index < -0.39 is 0 Å². The predicted molar refractivity (Wildman–Crippen MR) is 59.0 cm³/mol. The molecule has 2 rings (SSSR count). The second-order valence-electron chi connectivity index (χ2n) is 5.74. The van der Waals surface area contributed by atoms with Gasteiger partial charge in [-0.25, -0.2) is 0 Å². The molecule has 0 saturated heterocycles. The van der Waals surface area contributed by atoms with Crippen LogP contribution in [0, 0.1) is 23.7 Å². The van der Waals surface area contributed by atoms with E-state index in [1.54, 1.807) is 0 Å². The van der Waals surface area contributed by atoms with Crippen molar-refractivity contribution in [1.29, 1.82) is 0 Å². The summed E-state index contributed by atoms with van der Waals surface area (Å²) in [5.41, 5.74) is 0. The van der Waals surface area contributed by atoms with Crippen LogP contribution >= 0.6 is 0 Å². The van der Waals surface area contributed by atoms with E-state index in [1.807, 2.05) is 0 Å². The Labute approximate surface area is 87.9 Å². The first kappa shape index (κ1) is 10.5. The van der Waals surface area contributed by atoms with Crippen molar-refractivity contribution >= 4 is 0 Å². The predicted octanol–water partition coefficient (Wildman–Crippen LogP) is 3.22. The molecule has 2 saturated carbocycles. The molecule has 5 unspecified atom stereocenters. The molecule has 0 radical (unpaired) electrons. The van der Waals surface area contributed by atoms with Crippen LogP contribution in [-0.4, -0.2) is 11.2 Å². The third-order valence-corrected chi connectivity index (χ3v) is 4.56. The van der Waals surface area contributed by atoms with Gasteiger partial charge in [-0.1, -0.05) is 26.7 Å². The Balaban J connectivity index is 2.05. The van der Waals surface area contributed by atoms with E-state index in [0.29, 0.717) is 11.8 Å². The van der Waals surface area contributed by atoms with Gasteiger partial charge < -0.3 is 5.11 Å². The molecule has 0 amide bonds. The molecule has 0 bridgehead atoms. The maximum absolute atomic E-state index is 10.2. The van der Waals surface area contributed by atoms with Crippen molar-refractivity contribution in [3.05, 3.63) is 0 Å². The first-order valence-corrected chi connectivity index (χ1v) is 6.36. The summed E-state index contributed by atoms with van der Waals surface area (Å²) in [6.45, 7) is 4.60. The maximum Gasteiger partial charge on any atom is 0.0596 e. The average Bonchev–Trinajstić information content (AvgIpc) is 2.34. The van der Waals surface area contributed by atoms with Gasteiger partial charge in [-0.3, -0.25) is 0 Å². The molecule has 5 atom stereocenters. The molecule has 1 heteroatoms. The molecule has 2 fully saturated rings. The second-order valence-corrected chi connectivity index (χ2v) is 5.74. The van der Waals surface area contributed by atoms with Crippen molar-refractivity contribution in [2.75, 3.05) is 0 Å². The Hall–Kier alpha value is -0.0400. The third-order valence-electron chi connectivity index (χ3n) is 4.56. The van der Waals surface area contributed by atoms with Crippen LogP contribution in [0.5, 0.6) is 0 Å². The van der Waals surface area contributed by atoms with Gasteiger partial charge in [-0.2, -0.15) is 0 Å². The Morgan fingerprint density at radius 3 is 2.57 bits per heavy atom. The van der Waals surface area contributed by atoms with Gasteiger partial charge in [0.2, 0.25) is 0 Å². The zero-order chi connectivity index (χ0) is 10.1. The van der Waals surface area contributed by atoms with Crippen LogP contribution in [-0.2, 0) is 0 Å². The smallest absolute Gasteiger partial charge is 0.0596 e. The van der Waals surface area contributed by atoms with Gasteiger partial charge in [-0.15, -0.1) is 0 Å². The number of aliphatic hydroxyl groups excluding tert-OH is 1. The standard InChI is InChI=1S/C13H24O/c1-9-4-3-5-12-11(8-9)7-6-10(2)13(12)14/h9-14H,3-8H2,1-2H3. The van der Waals surface area contributed by atoms with Crippen molar-refractivity contribution in [3.8, 4) is 0 Å². The SMILES string of the molecule is CC1CCCC2C(CCC(C)C2O)C1. The number of hydrogen-bond acceptors (Lipinski definition) is 1. The molecule has 82 valence electrons. The first-order valence-electron chi connectivity index (χ1n) is 6.36. The van der Waals surface area contributed by atoms with Gasteiger partial charge in [0, 0.05) is 0 Å². The van der Waals surface area contributed by atoms with Gasteiger partial charge in [0.15, 0.2) is 0 Å². The van der Waals surface area contributed by atoms with Crippen molar-refractivity contribution in [2.45, 2.75) is 58.5 Å². The van der Waals surface area contributed by atoms with E-state index >= 15 is 0 Å². The van der Waals surface area contributed by atoms with E-state index in [9.17, 15) is 5.11 Å². The number of aliphatic hydroxyl groups is 1. The van der Waals surface area contributed by atoms with Gasteiger partial charge in [0.25, 0.3) is 0 Å². The second kappa shape index (κ2) is 4.22. The summed E-state index contributed by atoms with van der Waals surface area (Å²) in [5.74, 6) is 2.90. The lowest BCUT2D eigenvalue weighted by Gasteiger charge is -2.39. The van der Waals surface area contributed by atoms with E-state index in [4.69, 9.17) is 0 Å². The highest BCUT2D eigenvalue weighted by molar-refractivity contribution is 4.88. The van der Waals surface area contributed by atoms with E-state index in [0.717, 1.165) is 11.8 Å². The van der Waals surface area contributed by atoms with Crippen molar-refractivity contribution in [1.82, 2.24) is 0 Å². The highest BCUT2D eigenvalue weighted by atomic mass is 16.3. The van der Waals surface area contributed by atoms with Crippen LogP contribution < -0.4 is 0 Å². The minimum absolute atomic E-state index is 0.000880. The summed E-state index contributed by atoms with van der Waals surface area (Å²) in [6, 6.07) is 0. The van der Waals surface area contributed by atoms with E-state index in [1.165, 1.54) is 38.5 Å². The lowest BCUT2D eigenvalue weighted by molar-refractivity contribution is -0.0125. The van der Waals surface area contributed by atoms with Crippen LogP contribution in [0.1, 0.15) is 52.4 Å². The van der Waals surface area contributed by atoms with E-state index in [-0.39, 0.29) is 6.10 Å². The van der Waals surface area contributed by atoms with Crippen molar-refractivity contribution < 1.29 is 5.11 Å². The number of fused-ring (bicyclic) bond motifs is 1. The zero-order valence-electron chi connectivity index (χ0n) is 9.58. The molecule has 0 aromatic carbocycles. The average molecular weight is 196 g/mol. The largest absolute Gasteiger partial charge is 0.393 e. The number of hydrogen-bond donors (Lipinski definition) is 1. The Kier molecular flexibility index (Phi) is 3.16. The Morgan fingerprint density at radius 1 is 1.00 bits per heavy atom. The first-order chi connectivity index (χ1) is 6.68. The van der Waals surface area contributed by atoms with Gasteiger partial charge in [-0.05, 0) is 49.4 Å². The van der Waals surface area contributed by atoms with Crippen molar-refractivity contribution in [2.24, 2.45) is 23.7 Å². The van der Waals surface area contributed by atoms with Crippen LogP contribution in [0.4, 0.5) is 0 Å². The summed E-state index contributed by atoms with van der Waals surface area (Å²) >= 11 is 0. The van der Waals surface area contributed by atoms with Crippen molar-refractivity contribution in [3.63, 3.8) is 0 Å². The quantitative estimate of drug-likeness (QED) is 0.630. The minimum Gasteiger partial charge on any atom is -0.393 e. The highest BCUT2D eigenvalue weighted by Gasteiger charge is 2.37. The molecule has 2 aliphatic rings. The molecule has 0 spiro atoms. The monoisotopic (exact) mass is 196 g/mol. The van der Waals surface area contributed by atoms with Gasteiger partial charge in [0.05, 0.1) is 6.10 Å².